The molecule has 3 heteroatoms. The highest BCUT2D eigenvalue weighted by Gasteiger charge is 2.23. The second kappa shape index (κ2) is 6.02. The van der Waals surface area contributed by atoms with Crippen molar-refractivity contribution >= 4 is 0 Å². The lowest BCUT2D eigenvalue weighted by atomic mass is 9.99. The first-order valence-electron chi connectivity index (χ1n) is 7.10. The lowest BCUT2D eigenvalue weighted by Gasteiger charge is -2.32. The van der Waals surface area contributed by atoms with Gasteiger partial charge in [-0.3, -0.25) is 0 Å². The Bertz CT molecular complexity index is 413. The van der Waals surface area contributed by atoms with Crippen molar-refractivity contribution < 1.29 is 9.13 Å². The van der Waals surface area contributed by atoms with E-state index in [9.17, 15) is 4.39 Å². The highest BCUT2D eigenvalue weighted by molar-refractivity contribution is 5.30. The normalized spacial score (nSPS) is 27.5. The van der Waals surface area contributed by atoms with Crippen molar-refractivity contribution in [1.29, 1.82) is 0 Å². The Morgan fingerprint density at radius 1 is 1.16 bits per heavy atom. The fourth-order valence-corrected chi connectivity index (χ4v) is 2.97. The minimum Gasteiger partial charge on any atom is -0.375 e. The lowest BCUT2D eigenvalue weighted by molar-refractivity contribution is -0.0422. The van der Waals surface area contributed by atoms with Gasteiger partial charge in [0.25, 0.3) is 0 Å². The average Bonchev–Trinajstić information content (AvgIpc) is 2.32. The van der Waals surface area contributed by atoms with E-state index >= 15 is 0 Å². The Morgan fingerprint density at radius 3 is 2.21 bits per heavy atom. The highest BCUT2D eigenvalue weighted by atomic mass is 19.1. The summed E-state index contributed by atoms with van der Waals surface area (Å²) in [5.41, 5.74) is 2.61. The molecule has 19 heavy (non-hydrogen) atoms. The van der Waals surface area contributed by atoms with Gasteiger partial charge in [-0.2, -0.15) is 0 Å². The number of benzene rings is 1. The van der Waals surface area contributed by atoms with E-state index in [0.29, 0.717) is 18.2 Å². The van der Waals surface area contributed by atoms with Crippen LogP contribution in [0.25, 0.3) is 0 Å². The fourth-order valence-electron chi connectivity index (χ4n) is 2.97. The quantitative estimate of drug-likeness (QED) is 0.903. The summed E-state index contributed by atoms with van der Waals surface area (Å²) in [4.78, 5) is 0. The molecule has 2 unspecified atom stereocenters. The van der Waals surface area contributed by atoms with Crippen molar-refractivity contribution in [2.75, 3.05) is 0 Å². The SMILES string of the molecule is Cc1cc(CNC2CC(C)OC(C)C2)cc(C)c1F. The van der Waals surface area contributed by atoms with Crippen molar-refractivity contribution in [2.24, 2.45) is 0 Å². The standard InChI is InChI=1S/C16H24FNO/c1-10-5-14(6-11(2)16(10)17)9-18-15-7-12(3)19-13(4)8-15/h5-6,12-13,15,18H,7-9H2,1-4H3. The van der Waals surface area contributed by atoms with Crippen molar-refractivity contribution in [3.63, 3.8) is 0 Å². The third-order valence-corrected chi connectivity index (χ3v) is 3.79. The smallest absolute Gasteiger partial charge is 0.129 e. The van der Waals surface area contributed by atoms with E-state index < -0.39 is 0 Å². The lowest BCUT2D eigenvalue weighted by Crippen LogP contribution is -2.40. The van der Waals surface area contributed by atoms with Gasteiger partial charge < -0.3 is 10.1 Å². The molecule has 2 rings (SSSR count). The number of hydrogen-bond acceptors (Lipinski definition) is 2. The molecular formula is C16H24FNO. The predicted molar refractivity (Wildman–Crippen MR) is 75.7 cm³/mol. The molecule has 0 saturated carbocycles. The van der Waals surface area contributed by atoms with Gasteiger partial charge in [0.1, 0.15) is 5.82 Å². The van der Waals surface area contributed by atoms with Crippen molar-refractivity contribution in [3.05, 3.63) is 34.6 Å². The summed E-state index contributed by atoms with van der Waals surface area (Å²) in [5, 5.41) is 3.57. The summed E-state index contributed by atoms with van der Waals surface area (Å²) < 4.78 is 19.3. The van der Waals surface area contributed by atoms with Crippen LogP contribution in [0.1, 0.15) is 43.4 Å². The van der Waals surface area contributed by atoms with Crippen LogP contribution in [0.2, 0.25) is 0 Å². The third-order valence-electron chi connectivity index (χ3n) is 3.79. The van der Waals surface area contributed by atoms with Gasteiger partial charge in [-0.05, 0) is 57.2 Å². The number of halogens is 1. The van der Waals surface area contributed by atoms with E-state index in [1.165, 1.54) is 0 Å². The minimum absolute atomic E-state index is 0.0861. The zero-order valence-corrected chi connectivity index (χ0v) is 12.3. The molecule has 1 heterocycles. The van der Waals surface area contributed by atoms with Crippen LogP contribution in [0.3, 0.4) is 0 Å². The van der Waals surface area contributed by atoms with Crippen LogP contribution in [0.4, 0.5) is 4.39 Å². The molecule has 1 aromatic rings. The molecule has 2 atom stereocenters. The monoisotopic (exact) mass is 265 g/mol. The minimum atomic E-state index is -0.0861. The Hall–Kier alpha value is -0.930. The Morgan fingerprint density at radius 2 is 1.68 bits per heavy atom. The molecular weight excluding hydrogens is 241 g/mol. The molecule has 1 aromatic carbocycles. The fraction of sp³-hybridized carbons (Fsp3) is 0.625. The van der Waals surface area contributed by atoms with E-state index in [1.807, 2.05) is 26.0 Å². The summed E-state index contributed by atoms with van der Waals surface area (Å²) in [6.45, 7) is 8.69. The zero-order valence-electron chi connectivity index (χ0n) is 12.3. The van der Waals surface area contributed by atoms with E-state index in [1.54, 1.807) is 0 Å². The van der Waals surface area contributed by atoms with Crippen LogP contribution in [0, 0.1) is 19.7 Å². The van der Waals surface area contributed by atoms with Crippen molar-refractivity contribution in [1.82, 2.24) is 5.32 Å². The van der Waals surface area contributed by atoms with Crippen molar-refractivity contribution in [3.8, 4) is 0 Å². The molecule has 2 nitrogen and oxygen atoms in total. The summed E-state index contributed by atoms with van der Waals surface area (Å²) in [6, 6.07) is 4.35. The van der Waals surface area contributed by atoms with E-state index in [2.05, 4.69) is 19.2 Å². The number of hydrogen-bond donors (Lipinski definition) is 1. The summed E-state index contributed by atoms with van der Waals surface area (Å²) in [5.74, 6) is -0.0861. The largest absolute Gasteiger partial charge is 0.375 e. The van der Waals surface area contributed by atoms with Gasteiger partial charge in [0.15, 0.2) is 0 Å². The van der Waals surface area contributed by atoms with Gasteiger partial charge in [-0.25, -0.2) is 4.39 Å². The van der Waals surface area contributed by atoms with Crippen LogP contribution in [-0.4, -0.2) is 18.2 Å². The van der Waals surface area contributed by atoms with E-state index in [4.69, 9.17) is 4.74 Å². The molecule has 106 valence electrons. The first-order valence-corrected chi connectivity index (χ1v) is 7.10. The van der Waals surface area contributed by atoms with Gasteiger partial charge in [0, 0.05) is 12.6 Å². The highest BCUT2D eigenvalue weighted by Crippen LogP contribution is 2.20. The first-order chi connectivity index (χ1) is 8.95. The number of aryl methyl sites for hydroxylation is 2. The van der Waals surface area contributed by atoms with Crippen LogP contribution in [0.5, 0.6) is 0 Å². The first kappa shape index (κ1) is 14.5. The summed E-state index contributed by atoms with van der Waals surface area (Å²) in [6.07, 6.45) is 2.73. The molecule has 1 N–H and O–H groups in total. The maximum absolute atomic E-state index is 13.6. The molecule has 0 amide bonds. The molecule has 0 aliphatic carbocycles. The van der Waals surface area contributed by atoms with Crippen LogP contribution >= 0.6 is 0 Å². The van der Waals surface area contributed by atoms with Crippen LogP contribution < -0.4 is 5.32 Å². The second-order valence-corrected chi connectivity index (χ2v) is 5.85. The Labute approximate surface area is 115 Å². The summed E-state index contributed by atoms with van der Waals surface area (Å²) in [7, 11) is 0. The van der Waals surface area contributed by atoms with E-state index in [0.717, 1.165) is 36.1 Å². The van der Waals surface area contributed by atoms with Crippen LogP contribution in [-0.2, 0) is 11.3 Å². The predicted octanol–water partition coefficient (Wildman–Crippen LogP) is 3.49. The maximum Gasteiger partial charge on any atom is 0.129 e. The van der Waals surface area contributed by atoms with Gasteiger partial charge in [0.05, 0.1) is 12.2 Å². The van der Waals surface area contributed by atoms with Gasteiger partial charge in [0.2, 0.25) is 0 Å². The zero-order chi connectivity index (χ0) is 14.0. The average molecular weight is 265 g/mol. The molecule has 1 saturated heterocycles. The number of rotatable bonds is 3. The second-order valence-electron chi connectivity index (χ2n) is 5.85. The molecule has 1 fully saturated rings. The number of ether oxygens (including phenoxy) is 1. The van der Waals surface area contributed by atoms with Crippen molar-refractivity contribution in [2.45, 2.75) is 65.3 Å². The molecule has 0 spiro atoms. The number of nitrogens with one attached hydrogen (secondary N) is 1. The summed E-state index contributed by atoms with van der Waals surface area (Å²) >= 11 is 0. The van der Waals surface area contributed by atoms with Gasteiger partial charge in [-0.1, -0.05) is 12.1 Å². The van der Waals surface area contributed by atoms with Gasteiger partial charge >= 0.3 is 0 Å². The molecule has 0 bridgehead atoms. The Balaban J connectivity index is 1.95. The van der Waals surface area contributed by atoms with E-state index in [-0.39, 0.29) is 5.82 Å². The molecule has 0 aromatic heterocycles. The maximum atomic E-state index is 13.6. The Kier molecular flexibility index (Phi) is 4.58. The molecule has 1 aliphatic heterocycles. The third kappa shape index (κ3) is 3.77. The molecule has 1 aliphatic rings. The van der Waals surface area contributed by atoms with Crippen LogP contribution in [0.15, 0.2) is 12.1 Å². The van der Waals surface area contributed by atoms with Gasteiger partial charge in [-0.15, -0.1) is 0 Å². The topological polar surface area (TPSA) is 21.3 Å². The molecule has 0 radical (unpaired) electrons.